The van der Waals surface area contributed by atoms with E-state index in [1.54, 1.807) is 5.32 Å². The van der Waals surface area contributed by atoms with Crippen molar-refractivity contribution in [3.8, 4) is 0 Å². The van der Waals surface area contributed by atoms with Crippen LogP contribution in [0.15, 0.2) is 18.6 Å². The molecule has 0 atom stereocenters. The SMILES string of the molecule is O=C(COC(=O)c1cnccn1)NC(=O)NCC(F)(F)F. The maximum absolute atomic E-state index is 11.8. The third kappa shape index (κ3) is 6.84. The monoisotopic (exact) mass is 306 g/mol. The number of amides is 3. The number of alkyl halides is 3. The molecule has 0 fully saturated rings. The van der Waals surface area contributed by atoms with Crippen LogP contribution in [-0.4, -0.2) is 47.2 Å². The van der Waals surface area contributed by atoms with E-state index in [1.165, 1.54) is 17.7 Å². The molecule has 0 unspecified atom stereocenters. The molecule has 0 radical (unpaired) electrons. The quantitative estimate of drug-likeness (QED) is 0.759. The molecule has 0 saturated carbocycles. The first-order valence-electron chi connectivity index (χ1n) is 5.35. The number of urea groups is 1. The van der Waals surface area contributed by atoms with Crippen LogP contribution in [0, 0.1) is 0 Å². The third-order valence-electron chi connectivity index (χ3n) is 1.81. The van der Waals surface area contributed by atoms with Gasteiger partial charge in [0.05, 0.1) is 6.20 Å². The van der Waals surface area contributed by atoms with E-state index in [-0.39, 0.29) is 5.69 Å². The van der Waals surface area contributed by atoms with E-state index >= 15 is 0 Å². The average Bonchev–Trinajstić information content (AvgIpc) is 2.43. The number of carbonyl (C=O) groups is 3. The van der Waals surface area contributed by atoms with Crippen LogP contribution >= 0.6 is 0 Å². The van der Waals surface area contributed by atoms with Crippen molar-refractivity contribution in [2.24, 2.45) is 0 Å². The number of nitrogens with one attached hydrogen (secondary N) is 2. The van der Waals surface area contributed by atoms with Crippen molar-refractivity contribution in [1.82, 2.24) is 20.6 Å². The Morgan fingerprint density at radius 3 is 2.52 bits per heavy atom. The molecule has 8 nitrogen and oxygen atoms in total. The second kappa shape index (κ2) is 7.17. The summed E-state index contributed by atoms with van der Waals surface area (Å²) in [5, 5.41) is 2.97. The van der Waals surface area contributed by atoms with Crippen molar-refractivity contribution in [2.45, 2.75) is 6.18 Å². The zero-order chi connectivity index (χ0) is 15.9. The van der Waals surface area contributed by atoms with Crippen molar-refractivity contribution in [3.63, 3.8) is 0 Å². The highest BCUT2D eigenvalue weighted by molar-refractivity contribution is 5.96. The molecule has 2 N–H and O–H groups in total. The molecule has 0 aromatic carbocycles. The summed E-state index contributed by atoms with van der Waals surface area (Å²) in [7, 11) is 0. The van der Waals surface area contributed by atoms with Crippen molar-refractivity contribution in [3.05, 3.63) is 24.3 Å². The number of rotatable bonds is 4. The van der Waals surface area contributed by atoms with Crippen LogP contribution in [0.3, 0.4) is 0 Å². The van der Waals surface area contributed by atoms with Gasteiger partial charge in [0.1, 0.15) is 6.54 Å². The molecule has 11 heteroatoms. The molecule has 0 aliphatic heterocycles. The highest BCUT2D eigenvalue weighted by Gasteiger charge is 2.28. The normalized spacial score (nSPS) is 10.6. The van der Waals surface area contributed by atoms with E-state index in [9.17, 15) is 27.6 Å². The summed E-state index contributed by atoms with van der Waals surface area (Å²) in [5.41, 5.74) is -0.160. The minimum Gasteiger partial charge on any atom is -0.451 e. The molecular formula is C10H9F3N4O4. The molecule has 0 spiro atoms. The van der Waals surface area contributed by atoms with Gasteiger partial charge in [0.15, 0.2) is 12.3 Å². The number of carbonyl (C=O) groups excluding carboxylic acids is 3. The lowest BCUT2D eigenvalue weighted by atomic mass is 10.4. The number of ether oxygens (including phenoxy) is 1. The summed E-state index contributed by atoms with van der Waals surface area (Å²) < 4.78 is 39.8. The van der Waals surface area contributed by atoms with E-state index in [4.69, 9.17) is 0 Å². The van der Waals surface area contributed by atoms with Gasteiger partial charge in [-0.25, -0.2) is 14.6 Å². The summed E-state index contributed by atoms with van der Waals surface area (Å²) in [5.74, 6) is -2.05. The Kier molecular flexibility index (Phi) is 5.57. The fraction of sp³-hybridized carbons (Fsp3) is 0.300. The zero-order valence-electron chi connectivity index (χ0n) is 10.3. The van der Waals surface area contributed by atoms with E-state index in [1.807, 2.05) is 0 Å². The molecule has 3 amide bonds. The molecule has 0 aliphatic carbocycles. The number of nitrogens with zero attached hydrogens (tertiary/aromatic N) is 2. The molecule has 1 rings (SSSR count). The standard InChI is InChI=1S/C10H9F3N4O4/c11-10(12,13)5-16-9(20)17-7(18)4-21-8(19)6-3-14-1-2-15-6/h1-3H,4-5H2,(H2,16,17,18,20). The van der Waals surface area contributed by atoms with Gasteiger partial charge >= 0.3 is 18.2 Å². The van der Waals surface area contributed by atoms with E-state index in [0.29, 0.717) is 0 Å². The smallest absolute Gasteiger partial charge is 0.405 e. The van der Waals surface area contributed by atoms with Gasteiger partial charge in [-0.1, -0.05) is 0 Å². The topological polar surface area (TPSA) is 110 Å². The minimum atomic E-state index is -4.60. The van der Waals surface area contributed by atoms with Crippen LogP contribution in [0.2, 0.25) is 0 Å². The summed E-state index contributed by atoms with van der Waals surface area (Å²) in [6.07, 6.45) is -0.967. The predicted molar refractivity (Wildman–Crippen MR) is 59.9 cm³/mol. The molecule has 0 saturated heterocycles. The van der Waals surface area contributed by atoms with Crippen LogP contribution in [0.4, 0.5) is 18.0 Å². The third-order valence-corrected chi connectivity index (χ3v) is 1.81. The van der Waals surface area contributed by atoms with Crippen LogP contribution < -0.4 is 10.6 Å². The first kappa shape index (κ1) is 16.3. The molecule has 1 heterocycles. The molecular weight excluding hydrogens is 297 g/mol. The van der Waals surface area contributed by atoms with E-state index in [2.05, 4.69) is 14.7 Å². The summed E-state index contributed by atoms with van der Waals surface area (Å²) in [6, 6.07) is -1.35. The molecule has 1 aromatic heterocycles. The van der Waals surface area contributed by atoms with Crippen molar-refractivity contribution in [1.29, 1.82) is 0 Å². The lowest BCUT2D eigenvalue weighted by Gasteiger charge is -2.09. The number of hydrogen-bond donors (Lipinski definition) is 2. The Hall–Kier alpha value is -2.72. The van der Waals surface area contributed by atoms with E-state index in [0.717, 1.165) is 6.20 Å². The molecule has 0 aliphatic rings. The number of esters is 1. The maximum Gasteiger partial charge on any atom is 0.405 e. The second-order valence-electron chi connectivity index (χ2n) is 3.51. The van der Waals surface area contributed by atoms with Gasteiger partial charge in [-0.3, -0.25) is 15.1 Å². The highest BCUT2D eigenvalue weighted by atomic mass is 19.4. The van der Waals surface area contributed by atoms with Gasteiger partial charge in [0, 0.05) is 12.4 Å². The van der Waals surface area contributed by atoms with Gasteiger partial charge < -0.3 is 10.1 Å². The van der Waals surface area contributed by atoms with Crippen molar-refractivity contribution in [2.75, 3.05) is 13.2 Å². The Morgan fingerprint density at radius 2 is 1.95 bits per heavy atom. The van der Waals surface area contributed by atoms with Crippen LogP contribution in [0.1, 0.15) is 10.5 Å². The van der Waals surface area contributed by atoms with Crippen molar-refractivity contribution >= 4 is 17.9 Å². The number of halogens is 3. The van der Waals surface area contributed by atoms with Gasteiger partial charge in [-0.05, 0) is 0 Å². The second-order valence-corrected chi connectivity index (χ2v) is 3.51. The lowest BCUT2D eigenvalue weighted by Crippen LogP contribution is -2.44. The fourth-order valence-corrected chi connectivity index (χ4v) is 0.997. The summed E-state index contributed by atoms with van der Waals surface area (Å²) in [4.78, 5) is 40.6. The first-order valence-corrected chi connectivity index (χ1v) is 5.35. The molecule has 114 valence electrons. The predicted octanol–water partition coefficient (Wildman–Crippen LogP) is 0.0215. The van der Waals surface area contributed by atoms with Gasteiger partial charge in [-0.2, -0.15) is 13.2 Å². The van der Waals surface area contributed by atoms with Crippen molar-refractivity contribution < 1.29 is 32.3 Å². The number of hydrogen-bond acceptors (Lipinski definition) is 6. The van der Waals surface area contributed by atoms with Crippen LogP contribution in [-0.2, 0) is 9.53 Å². The fourth-order valence-electron chi connectivity index (χ4n) is 0.997. The molecule has 21 heavy (non-hydrogen) atoms. The lowest BCUT2D eigenvalue weighted by molar-refractivity contribution is -0.125. The summed E-state index contributed by atoms with van der Waals surface area (Å²) in [6.45, 7) is -2.44. The Morgan fingerprint density at radius 1 is 1.24 bits per heavy atom. The Labute approximate surface area is 115 Å². The molecule has 1 aromatic rings. The molecule has 0 bridgehead atoms. The summed E-state index contributed by atoms with van der Waals surface area (Å²) >= 11 is 0. The van der Waals surface area contributed by atoms with E-state index < -0.39 is 37.2 Å². The van der Waals surface area contributed by atoms with Gasteiger partial charge in [-0.15, -0.1) is 0 Å². The zero-order valence-corrected chi connectivity index (χ0v) is 10.3. The largest absolute Gasteiger partial charge is 0.451 e. The highest BCUT2D eigenvalue weighted by Crippen LogP contribution is 2.11. The van der Waals surface area contributed by atoms with Gasteiger partial charge in [0.2, 0.25) is 0 Å². The van der Waals surface area contributed by atoms with Crippen LogP contribution in [0.25, 0.3) is 0 Å². The maximum atomic E-state index is 11.8. The number of imide groups is 1. The Balaban J connectivity index is 2.31. The average molecular weight is 306 g/mol. The van der Waals surface area contributed by atoms with Crippen LogP contribution in [0.5, 0.6) is 0 Å². The van der Waals surface area contributed by atoms with Gasteiger partial charge in [0.25, 0.3) is 5.91 Å². The number of aromatic nitrogens is 2. The minimum absolute atomic E-state index is 0.160. The first-order chi connectivity index (χ1) is 9.78. The Bertz CT molecular complexity index is 521.